The molecule has 2 amide bonds. The molecule has 2 aromatic heterocycles. The van der Waals surface area contributed by atoms with Gasteiger partial charge in [-0.15, -0.1) is 10.2 Å². The zero-order valence-corrected chi connectivity index (χ0v) is 22.0. The third-order valence-corrected chi connectivity index (χ3v) is 5.96. The molecule has 1 atom stereocenters. The van der Waals surface area contributed by atoms with Crippen molar-refractivity contribution in [2.75, 3.05) is 4.90 Å². The van der Waals surface area contributed by atoms with Crippen LogP contribution in [0.5, 0.6) is 0 Å². The largest absolute Gasteiger partial charge is 0.467 e. The number of tetrazole rings is 1. The normalized spacial score (nSPS) is 12.3. The second-order valence-electron chi connectivity index (χ2n) is 10.1. The minimum atomic E-state index is -1.04. The number of aryl methyl sites for hydroxylation is 2. The Kier molecular flexibility index (Phi) is 7.24. The molecule has 0 bridgehead atoms. The van der Waals surface area contributed by atoms with Crippen molar-refractivity contribution in [3.05, 3.63) is 83.3 Å². The fourth-order valence-corrected chi connectivity index (χ4v) is 4.00. The minimum absolute atomic E-state index is 0.216. The minimum Gasteiger partial charge on any atom is -0.467 e. The summed E-state index contributed by atoms with van der Waals surface area (Å²) in [7, 11) is 0. The molecule has 9 heteroatoms. The topological polar surface area (TPSA) is 106 Å². The van der Waals surface area contributed by atoms with Gasteiger partial charge < -0.3 is 9.73 Å². The highest BCUT2D eigenvalue weighted by Gasteiger charge is 2.37. The Hall–Kier alpha value is -4.27. The van der Waals surface area contributed by atoms with E-state index in [1.54, 1.807) is 12.1 Å². The summed E-state index contributed by atoms with van der Waals surface area (Å²) >= 11 is 0. The number of nitrogens with one attached hydrogen (secondary N) is 1. The maximum absolute atomic E-state index is 13.9. The molecule has 192 valence electrons. The Balaban J connectivity index is 1.74. The number of aromatic nitrogens is 4. The van der Waals surface area contributed by atoms with Crippen molar-refractivity contribution in [2.24, 2.45) is 0 Å². The number of rotatable bonds is 7. The molecule has 2 heterocycles. The van der Waals surface area contributed by atoms with Gasteiger partial charge in [0.2, 0.25) is 5.82 Å². The molecule has 0 spiro atoms. The molecule has 0 saturated carbocycles. The van der Waals surface area contributed by atoms with Crippen LogP contribution in [0, 0.1) is 20.8 Å². The quantitative estimate of drug-likeness (QED) is 0.399. The summed E-state index contributed by atoms with van der Waals surface area (Å²) in [5.41, 5.74) is 3.87. The molecule has 1 N–H and O–H groups in total. The van der Waals surface area contributed by atoms with Crippen molar-refractivity contribution in [1.29, 1.82) is 0 Å². The zero-order chi connectivity index (χ0) is 26.7. The third-order valence-electron chi connectivity index (χ3n) is 5.96. The number of carbonyl (C=O) groups excluding carboxylic acids is 2. The maximum atomic E-state index is 13.9. The van der Waals surface area contributed by atoms with Gasteiger partial charge in [0.1, 0.15) is 12.3 Å². The lowest BCUT2D eigenvalue weighted by Gasteiger charge is -2.33. The maximum Gasteiger partial charge on any atom is 0.251 e. The summed E-state index contributed by atoms with van der Waals surface area (Å²) < 4.78 is 5.67. The van der Waals surface area contributed by atoms with E-state index in [9.17, 15) is 9.59 Å². The molecule has 0 aliphatic rings. The van der Waals surface area contributed by atoms with E-state index < -0.39 is 11.6 Å². The van der Waals surface area contributed by atoms with E-state index in [1.165, 1.54) is 16.0 Å². The van der Waals surface area contributed by atoms with Crippen LogP contribution in [-0.4, -0.2) is 37.6 Å². The molecule has 1 unspecified atom stereocenters. The van der Waals surface area contributed by atoms with Gasteiger partial charge in [-0.25, -0.2) is 0 Å². The molecule has 2 aromatic carbocycles. The lowest BCUT2D eigenvalue weighted by molar-refractivity contribution is -0.128. The number of carbonyl (C=O) groups is 2. The van der Waals surface area contributed by atoms with Crippen molar-refractivity contribution < 1.29 is 14.0 Å². The standard InChI is InChI=1S/C28H32N6O3/c1-18-12-14-21(15-13-18)26-30-32-33(31-26)17-24(35)34(22-10-7-9-19(2)20(22)3)25(23-11-8-16-37-23)27(36)29-28(4,5)6/h7-16,25H,17H2,1-6H3,(H,29,36). The number of nitrogens with zero attached hydrogens (tertiary/aromatic N) is 5. The first-order valence-corrected chi connectivity index (χ1v) is 12.1. The Bertz CT molecular complexity index is 1380. The van der Waals surface area contributed by atoms with Gasteiger partial charge >= 0.3 is 0 Å². The van der Waals surface area contributed by atoms with Gasteiger partial charge in [0.15, 0.2) is 6.04 Å². The fourth-order valence-electron chi connectivity index (χ4n) is 4.00. The number of furan rings is 1. The Morgan fingerprint density at radius 2 is 1.76 bits per heavy atom. The van der Waals surface area contributed by atoms with Crippen LogP contribution in [0.4, 0.5) is 5.69 Å². The van der Waals surface area contributed by atoms with Crippen LogP contribution in [0.15, 0.2) is 65.3 Å². The molecular formula is C28H32N6O3. The second kappa shape index (κ2) is 10.4. The van der Waals surface area contributed by atoms with Gasteiger partial charge in [-0.3, -0.25) is 14.5 Å². The summed E-state index contributed by atoms with van der Waals surface area (Å²) in [4.78, 5) is 30.3. The first-order chi connectivity index (χ1) is 17.5. The molecular weight excluding hydrogens is 468 g/mol. The molecule has 37 heavy (non-hydrogen) atoms. The Morgan fingerprint density at radius 3 is 2.41 bits per heavy atom. The molecule has 0 aliphatic carbocycles. The first kappa shape index (κ1) is 25.8. The molecule has 9 nitrogen and oxygen atoms in total. The lowest BCUT2D eigenvalue weighted by atomic mass is 10.0. The molecule has 4 rings (SSSR count). The van der Waals surface area contributed by atoms with Crippen molar-refractivity contribution in [2.45, 2.75) is 59.7 Å². The van der Waals surface area contributed by atoms with Gasteiger partial charge in [0.05, 0.1) is 6.26 Å². The van der Waals surface area contributed by atoms with E-state index in [0.717, 1.165) is 22.3 Å². The predicted octanol–water partition coefficient (Wildman–Crippen LogP) is 4.55. The van der Waals surface area contributed by atoms with Gasteiger partial charge in [-0.1, -0.05) is 42.0 Å². The lowest BCUT2D eigenvalue weighted by Crippen LogP contribution is -2.50. The van der Waals surface area contributed by atoms with E-state index in [1.807, 2.05) is 84.0 Å². The zero-order valence-electron chi connectivity index (χ0n) is 22.0. The smallest absolute Gasteiger partial charge is 0.251 e. The first-order valence-electron chi connectivity index (χ1n) is 12.1. The van der Waals surface area contributed by atoms with E-state index in [0.29, 0.717) is 17.3 Å². The van der Waals surface area contributed by atoms with Crippen LogP contribution in [0.3, 0.4) is 0 Å². The third kappa shape index (κ3) is 5.94. The number of benzene rings is 2. The number of anilines is 1. The molecule has 0 aliphatic heterocycles. The van der Waals surface area contributed by atoms with Gasteiger partial charge in [-0.05, 0) is 76.1 Å². The highest BCUT2D eigenvalue weighted by atomic mass is 16.3. The Labute approximate surface area is 216 Å². The number of amides is 2. The monoisotopic (exact) mass is 500 g/mol. The van der Waals surface area contributed by atoms with Crippen molar-refractivity contribution >= 4 is 17.5 Å². The molecule has 0 saturated heterocycles. The highest BCUT2D eigenvalue weighted by Crippen LogP contribution is 2.32. The van der Waals surface area contributed by atoms with E-state index >= 15 is 0 Å². The number of hydrogen-bond acceptors (Lipinski definition) is 6. The van der Waals surface area contributed by atoms with Crippen molar-refractivity contribution in [1.82, 2.24) is 25.5 Å². The predicted molar refractivity (Wildman–Crippen MR) is 141 cm³/mol. The van der Waals surface area contributed by atoms with E-state index in [4.69, 9.17) is 4.42 Å². The summed E-state index contributed by atoms with van der Waals surface area (Å²) in [5, 5.41) is 15.6. The molecule has 4 aromatic rings. The van der Waals surface area contributed by atoms with Crippen molar-refractivity contribution in [3.8, 4) is 11.4 Å². The van der Waals surface area contributed by atoms with Gasteiger partial charge in [0, 0.05) is 16.8 Å². The van der Waals surface area contributed by atoms with Crippen LogP contribution in [0.2, 0.25) is 0 Å². The van der Waals surface area contributed by atoms with Gasteiger partial charge in [-0.2, -0.15) is 4.80 Å². The van der Waals surface area contributed by atoms with E-state index in [2.05, 4.69) is 20.7 Å². The summed E-state index contributed by atoms with van der Waals surface area (Å²) in [6.07, 6.45) is 1.49. The average molecular weight is 501 g/mol. The molecule has 0 fully saturated rings. The van der Waals surface area contributed by atoms with Crippen LogP contribution in [-0.2, 0) is 16.1 Å². The summed E-state index contributed by atoms with van der Waals surface area (Å²) in [5.74, 6) is 0.0256. The van der Waals surface area contributed by atoms with Crippen molar-refractivity contribution in [3.63, 3.8) is 0 Å². The second-order valence-corrected chi connectivity index (χ2v) is 10.1. The Morgan fingerprint density at radius 1 is 1.03 bits per heavy atom. The molecule has 0 radical (unpaired) electrons. The fraction of sp³-hybridized carbons (Fsp3) is 0.321. The van der Waals surface area contributed by atoms with E-state index in [-0.39, 0.29) is 18.4 Å². The summed E-state index contributed by atoms with van der Waals surface area (Å²) in [6, 6.07) is 15.8. The number of hydrogen-bond donors (Lipinski definition) is 1. The highest BCUT2D eigenvalue weighted by molar-refractivity contribution is 6.01. The van der Waals surface area contributed by atoms with Crippen LogP contribution < -0.4 is 10.2 Å². The average Bonchev–Trinajstić information content (AvgIpc) is 3.51. The SMILES string of the molecule is Cc1ccc(-c2nnn(CC(=O)N(c3cccc(C)c3C)C(C(=O)NC(C)(C)C)c3ccco3)n2)cc1. The van der Waals surface area contributed by atoms with Gasteiger partial charge in [0.25, 0.3) is 11.8 Å². The van der Waals surface area contributed by atoms with Crippen LogP contribution >= 0.6 is 0 Å². The van der Waals surface area contributed by atoms with Crippen LogP contribution in [0.25, 0.3) is 11.4 Å². The summed E-state index contributed by atoms with van der Waals surface area (Å²) in [6.45, 7) is 11.3. The van der Waals surface area contributed by atoms with Crippen LogP contribution in [0.1, 0.15) is 49.3 Å².